The molecule has 0 spiro atoms. The van der Waals surface area contributed by atoms with Crippen molar-refractivity contribution in [2.75, 3.05) is 4.90 Å². The zero-order valence-corrected chi connectivity index (χ0v) is 13.0. The Morgan fingerprint density at radius 3 is 1.23 bits per heavy atom. The van der Waals surface area contributed by atoms with Gasteiger partial charge in [0.1, 0.15) is 5.82 Å². The van der Waals surface area contributed by atoms with Crippen molar-refractivity contribution in [1.29, 1.82) is 0 Å². The van der Waals surface area contributed by atoms with Gasteiger partial charge in [-0.3, -0.25) is 0 Å². The van der Waals surface area contributed by atoms with E-state index in [9.17, 15) is 4.39 Å². The van der Waals surface area contributed by atoms with Crippen LogP contribution in [-0.4, -0.2) is 0 Å². The summed E-state index contributed by atoms with van der Waals surface area (Å²) in [7, 11) is 0. The Labute approximate surface area is 138 Å². The predicted octanol–water partition coefficient (Wildman–Crippen LogP) is 6.60. The molecule has 0 aliphatic carbocycles. The molecule has 22 heavy (non-hydrogen) atoms. The maximum atomic E-state index is 13.2. The zero-order valence-electron chi connectivity index (χ0n) is 11.5. The van der Waals surface area contributed by atoms with E-state index in [-0.39, 0.29) is 5.82 Å². The second kappa shape index (κ2) is 6.39. The van der Waals surface area contributed by atoms with Crippen molar-refractivity contribution >= 4 is 40.3 Å². The third-order valence-corrected chi connectivity index (χ3v) is 3.76. The van der Waals surface area contributed by atoms with Gasteiger partial charge in [-0.1, -0.05) is 23.2 Å². The third kappa shape index (κ3) is 3.24. The van der Waals surface area contributed by atoms with Gasteiger partial charge in [-0.15, -0.1) is 0 Å². The van der Waals surface area contributed by atoms with E-state index in [1.165, 1.54) is 12.1 Å². The first kappa shape index (κ1) is 14.9. The minimum absolute atomic E-state index is 0.268. The van der Waals surface area contributed by atoms with Crippen molar-refractivity contribution in [1.82, 2.24) is 0 Å². The smallest absolute Gasteiger partial charge is 0.123 e. The molecule has 0 amide bonds. The molecule has 3 aromatic rings. The molecule has 110 valence electrons. The topological polar surface area (TPSA) is 3.24 Å². The average Bonchev–Trinajstić information content (AvgIpc) is 2.53. The molecule has 0 N–H and O–H groups in total. The molecule has 0 aromatic heterocycles. The van der Waals surface area contributed by atoms with E-state index in [1.807, 2.05) is 53.4 Å². The molecule has 0 radical (unpaired) electrons. The zero-order chi connectivity index (χ0) is 15.5. The molecular weight excluding hydrogens is 320 g/mol. The van der Waals surface area contributed by atoms with Gasteiger partial charge in [0.2, 0.25) is 0 Å². The summed E-state index contributed by atoms with van der Waals surface area (Å²) in [5, 5.41) is 1.33. The molecule has 3 rings (SSSR count). The molecule has 0 aliphatic heterocycles. The van der Waals surface area contributed by atoms with Gasteiger partial charge in [0.15, 0.2) is 0 Å². The molecular formula is C18H12Cl2FN. The Morgan fingerprint density at radius 1 is 0.545 bits per heavy atom. The van der Waals surface area contributed by atoms with Crippen molar-refractivity contribution in [2.24, 2.45) is 0 Å². The quantitative estimate of drug-likeness (QED) is 0.522. The van der Waals surface area contributed by atoms with E-state index in [2.05, 4.69) is 0 Å². The van der Waals surface area contributed by atoms with E-state index >= 15 is 0 Å². The first-order valence-electron chi connectivity index (χ1n) is 6.70. The molecule has 0 saturated carbocycles. The van der Waals surface area contributed by atoms with Crippen molar-refractivity contribution in [3.05, 3.63) is 88.7 Å². The van der Waals surface area contributed by atoms with Gasteiger partial charge in [-0.05, 0) is 72.8 Å². The summed E-state index contributed by atoms with van der Waals surface area (Å²) in [5.41, 5.74) is 2.71. The summed E-state index contributed by atoms with van der Waals surface area (Å²) in [6.45, 7) is 0. The average molecular weight is 332 g/mol. The van der Waals surface area contributed by atoms with Crippen molar-refractivity contribution in [3.8, 4) is 0 Å². The van der Waals surface area contributed by atoms with Gasteiger partial charge in [0.05, 0.1) is 0 Å². The molecule has 0 unspecified atom stereocenters. The van der Waals surface area contributed by atoms with E-state index in [1.54, 1.807) is 12.1 Å². The van der Waals surface area contributed by atoms with Crippen LogP contribution in [0.5, 0.6) is 0 Å². The first-order valence-corrected chi connectivity index (χ1v) is 7.46. The van der Waals surface area contributed by atoms with Gasteiger partial charge >= 0.3 is 0 Å². The van der Waals surface area contributed by atoms with Crippen LogP contribution < -0.4 is 4.90 Å². The van der Waals surface area contributed by atoms with Crippen LogP contribution >= 0.6 is 23.2 Å². The van der Waals surface area contributed by atoms with E-state index in [0.717, 1.165) is 17.1 Å². The number of nitrogens with zero attached hydrogens (tertiary/aromatic N) is 1. The lowest BCUT2D eigenvalue weighted by molar-refractivity contribution is 0.628. The summed E-state index contributed by atoms with van der Waals surface area (Å²) in [6, 6.07) is 21.3. The van der Waals surface area contributed by atoms with Crippen LogP contribution in [-0.2, 0) is 0 Å². The SMILES string of the molecule is Fc1ccc(N(c2ccc(Cl)cc2)c2ccc(Cl)cc2)cc1. The fraction of sp³-hybridized carbons (Fsp3) is 0. The van der Waals surface area contributed by atoms with E-state index in [4.69, 9.17) is 23.2 Å². The molecule has 0 bridgehead atoms. The minimum atomic E-state index is -0.268. The van der Waals surface area contributed by atoms with Crippen LogP contribution in [0.4, 0.5) is 21.5 Å². The summed E-state index contributed by atoms with van der Waals surface area (Å²) in [5.74, 6) is -0.268. The Kier molecular flexibility index (Phi) is 4.32. The number of anilines is 3. The lowest BCUT2D eigenvalue weighted by Crippen LogP contribution is -2.09. The second-order valence-electron chi connectivity index (χ2n) is 4.76. The van der Waals surface area contributed by atoms with Crippen LogP contribution in [0.1, 0.15) is 0 Å². The molecule has 0 aliphatic rings. The van der Waals surface area contributed by atoms with Crippen LogP contribution in [0.25, 0.3) is 0 Å². The number of hydrogen-bond donors (Lipinski definition) is 0. The van der Waals surface area contributed by atoms with Crippen LogP contribution in [0.15, 0.2) is 72.8 Å². The minimum Gasteiger partial charge on any atom is -0.310 e. The Morgan fingerprint density at radius 2 is 0.864 bits per heavy atom. The van der Waals surface area contributed by atoms with Crippen molar-refractivity contribution < 1.29 is 4.39 Å². The van der Waals surface area contributed by atoms with Crippen LogP contribution in [0.2, 0.25) is 10.0 Å². The fourth-order valence-electron chi connectivity index (χ4n) is 2.22. The Balaban J connectivity index is 2.10. The normalized spacial score (nSPS) is 10.5. The van der Waals surface area contributed by atoms with Gasteiger partial charge in [0, 0.05) is 27.1 Å². The highest BCUT2D eigenvalue weighted by atomic mass is 35.5. The second-order valence-corrected chi connectivity index (χ2v) is 5.64. The number of hydrogen-bond acceptors (Lipinski definition) is 1. The molecule has 0 atom stereocenters. The van der Waals surface area contributed by atoms with Gasteiger partial charge in [0.25, 0.3) is 0 Å². The van der Waals surface area contributed by atoms with Crippen LogP contribution in [0.3, 0.4) is 0 Å². The highest BCUT2D eigenvalue weighted by molar-refractivity contribution is 6.31. The molecule has 0 saturated heterocycles. The highest BCUT2D eigenvalue weighted by Gasteiger charge is 2.12. The fourth-order valence-corrected chi connectivity index (χ4v) is 2.47. The van der Waals surface area contributed by atoms with E-state index in [0.29, 0.717) is 10.0 Å². The summed E-state index contributed by atoms with van der Waals surface area (Å²) >= 11 is 11.9. The lowest BCUT2D eigenvalue weighted by atomic mass is 10.2. The first-order chi connectivity index (χ1) is 10.6. The molecule has 4 heteroatoms. The monoisotopic (exact) mass is 331 g/mol. The standard InChI is InChI=1S/C18H12Cl2FN/c19-13-1-7-16(8-2-13)22(17-9-3-14(20)4-10-17)18-11-5-15(21)6-12-18/h1-12H. The van der Waals surface area contributed by atoms with Gasteiger partial charge in [-0.25, -0.2) is 4.39 Å². The van der Waals surface area contributed by atoms with Crippen LogP contribution in [0, 0.1) is 5.82 Å². The van der Waals surface area contributed by atoms with Gasteiger partial charge < -0.3 is 4.90 Å². The molecule has 3 aromatic carbocycles. The highest BCUT2D eigenvalue weighted by Crippen LogP contribution is 2.35. The molecule has 1 nitrogen and oxygen atoms in total. The number of rotatable bonds is 3. The number of halogens is 3. The predicted molar refractivity (Wildman–Crippen MR) is 91.1 cm³/mol. The lowest BCUT2D eigenvalue weighted by Gasteiger charge is -2.25. The Hall–Kier alpha value is -2.03. The maximum Gasteiger partial charge on any atom is 0.123 e. The maximum absolute atomic E-state index is 13.2. The Bertz CT molecular complexity index is 644. The van der Waals surface area contributed by atoms with Crippen molar-refractivity contribution in [3.63, 3.8) is 0 Å². The third-order valence-electron chi connectivity index (χ3n) is 3.25. The summed E-state index contributed by atoms with van der Waals surface area (Å²) in [6.07, 6.45) is 0. The number of benzene rings is 3. The largest absolute Gasteiger partial charge is 0.310 e. The summed E-state index contributed by atoms with van der Waals surface area (Å²) < 4.78 is 13.2. The van der Waals surface area contributed by atoms with Crippen molar-refractivity contribution in [2.45, 2.75) is 0 Å². The summed E-state index contributed by atoms with van der Waals surface area (Å²) in [4.78, 5) is 2.01. The molecule has 0 heterocycles. The molecule has 0 fully saturated rings. The van der Waals surface area contributed by atoms with Gasteiger partial charge in [-0.2, -0.15) is 0 Å². The van der Waals surface area contributed by atoms with E-state index < -0.39 is 0 Å².